The molecule has 0 rings (SSSR count). The molecular formula is C10H21NO5. The highest BCUT2D eigenvalue weighted by Gasteiger charge is 2.38. The van der Waals surface area contributed by atoms with Crippen molar-refractivity contribution in [2.24, 2.45) is 0 Å². The zero-order valence-electron chi connectivity index (χ0n) is 10.2. The summed E-state index contributed by atoms with van der Waals surface area (Å²) in [5.41, 5.74) is -2.99. The predicted octanol–water partition coefficient (Wildman–Crippen LogP) is -0.0241. The number of rotatable bonds is 6. The van der Waals surface area contributed by atoms with Gasteiger partial charge in [-0.05, 0) is 34.1 Å². The summed E-state index contributed by atoms with van der Waals surface area (Å²) in [6.07, 6.45) is 0.309. The van der Waals surface area contributed by atoms with Crippen molar-refractivity contribution in [3.05, 3.63) is 0 Å². The average Bonchev–Trinajstić information content (AvgIpc) is 2.07. The Bertz CT molecular complexity index is 214. The summed E-state index contributed by atoms with van der Waals surface area (Å²) in [4.78, 5) is 16.2. The van der Waals surface area contributed by atoms with E-state index >= 15 is 0 Å². The van der Waals surface area contributed by atoms with Gasteiger partial charge in [-0.15, -0.1) is 0 Å². The van der Waals surface area contributed by atoms with Gasteiger partial charge in [-0.1, -0.05) is 5.06 Å². The van der Waals surface area contributed by atoms with Gasteiger partial charge in [0, 0.05) is 13.0 Å². The number of aliphatic hydroxyl groups excluding tert-OH is 1. The number of nitrogens with zero attached hydrogens (tertiary/aromatic N) is 1. The lowest BCUT2D eigenvalue weighted by Gasteiger charge is -2.39. The summed E-state index contributed by atoms with van der Waals surface area (Å²) >= 11 is 0. The minimum atomic E-state index is -1.49. The van der Waals surface area contributed by atoms with Gasteiger partial charge in [0.1, 0.15) is 11.4 Å². The second kappa shape index (κ2) is 5.58. The molecule has 3 N–H and O–H groups in total. The van der Waals surface area contributed by atoms with Gasteiger partial charge in [0.2, 0.25) is 0 Å². The SMILES string of the molecule is CC(C)(O)N(OC(=O)CCCO)C(C)(C)O. The molecule has 0 spiro atoms. The minimum absolute atomic E-state index is 0.0269. The molecule has 0 aliphatic heterocycles. The van der Waals surface area contributed by atoms with Gasteiger partial charge in [0.25, 0.3) is 0 Å². The number of carbonyl (C=O) groups is 1. The maximum atomic E-state index is 11.3. The fourth-order valence-corrected chi connectivity index (χ4v) is 1.26. The summed E-state index contributed by atoms with van der Waals surface area (Å²) in [5, 5.41) is 28.8. The van der Waals surface area contributed by atoms with Crippen molar-refractivity contribution in [2.75, 3.05) is 6.61 Å². The van der Waals surface area contributed by atoms with Crippen LogP contribution < -0.4 is 0 Å². The Morgan fingerprint density at radius 1 is 1.19 bits per heavy atom. The molecule has 0 fully saturated rings. The number of hydrogen-bond acceptors (Lipinski definition) is 6. The number of carbonyl (C=O) groups excluding carboxylic acids is 1. The summed E-state index contributed by atoms with van der Waals surface area (Å²) in [6.45, 7) is 5.46. The van der Waals surface area contributed by atoms with Crippen LogP contribution in [0.4, 0.5) is 0 Å². The van der Waals surface area contributed by atoms with Crippen molar-refractivity contribution in [3.63, 3.8) is 0 Å². The Morgan fingerprint density at radius 2 is 1.62 bits per heavy atom. The molecule has 0 unspecified atom stereocenters. The van der Waals surface area contributed by atoms with Crippen LogP contribution in [0, 0.1) is 0 Å². The number of hydrogen-bond donors (Lipinski definition) is 3. The van der Waals surface area contributed by atoms with Gasteiger partial charge in [-0.3, -0.25) is 4.79 Å². The van der Waals surface area contributed by atoms with E-state index < -0.39 is 17.4 Å². The van der Waals surface area contributed by atoms with Crippen molar-refractivity contribution in [2.45, 2.75) is 52.0 Å². The smallest absolute Gasteiger partial charge is 0.325 e. The van der Waals surface area contributed by atoms with E-state index in [1.54, 1.807) is 0 Å². The summed E-state index contributed by atoms with van der Waals surface area (Å²) < 4.78 is 0. The molecule has 16 heavy (non-hydrogen) atoms. The van der Waals surface area contributed by atoms with Crippen molar-refractivity contribution >= 4 is 5.97 Å². The lowest BCUT2D eigenvalue weighted by molar-refractivity contribution is -0.346. The van der Waals surface area contributed by atoms with E-state index in [1.807, 2.05) is 0 Å². The molecule has 0 saturated carbocycles. The Balaban J connectivity index is 4.52. The summed E-state index contributed by atoms with van der Waals surface area (Å²) in [6, 6.07) is 0. The van der Waals surface area contributed by atoms with Gasteiger partial charge in [0.05, 0.1) is 0 Å². The van der Waals surface area contributed by atoms with Gasteiger partial charge in [0.15, 0.2) is 0 Å². The molecule has 0 radical (unpaired) electrons. The summed E-state index contributed by atoms with van der Waals surface area (Å²) in [7, 11) is 0. The molecule has 96 valence electrons. The Hall–Kier alpha value is -0.690. The molecule has 0 heterocycles. The minimum Gasteiger partial charge on any atom is -0.396 e. The van der Waals surface area contributed by atoms with Gasteiger partial charge in [-0.2, -0.15) is 0 Å². The Kier molecular flexibility index (Phi) is 5.34. The normalized spacial score (nSPS) is 13.0. The largest absolute Gasteiger partial charge is 0.396 e. The lowest BCUT2D eigenvalue weighted by atomic mass is 10.2. The highest BCUT2D eigenvalue weighted by molar-refractivity contribution is 5.69. The van der Waals surface area contributed by atoms with Crippen LogP contribution in [0.25, 0.3) is 0 Å². The van der Waals surface area contributed by atoms with Crippen LogP contribution in [0.3, 0.4) is 0 Å². The van der Waals surface area contributed by atoms with E-state index in [9.17, 15) is 15.0 Å². The van der Waals surface area contributed by atoms with Gasteiger partial charge >= 0.3 is 5.97 Å². The van der Waals surface area contributed by atoms with Crippen molar-refractivity contribution < 1.29 is 25.0 Å². The van der Waals surface area contributed by atoms with Crippen molar-refractivity contribution in [3.8, 4) is 0 Å². The van der Waals surface area contributed by atoms with E-state index in [-0.39, 0.29) is 19.4 Å². The van der Waals surface area contributed by atoms with E-state index in [2.05, 4.69) is 0 Å². The lowest BCUT2D eigenvalue weighted by Crippen LogP contribution is -2.56. The molecule has 0 aliphatic rings. The first-order chi connectivity index (χ1) is 7.09. The number of hydroxylamine groups is 2. The number of aliphatic hydroxyl groups is 3. The van der Waals surface area contributed by atoms with E-state index in [0.29, 0.717) is 0 Å². The molecule has 0 bridgehead atoms. The highest BCUT2D eigenvalue weighted by Crippen LogP contribution is 2.22. The first-order valence-electron chi connectivity index (χ1n) is 5.16. The third-order valence-electron chi connectivity index (χ3n) is 1.73. The second-order valence-electron chi connectivity index (χ2n) is 4.57. The average molecular weight is 235 g/mol. The monoisotopic (exact) mass is 235 g/mol. The third-order valence-corrected chi connectivity index (χ3v) is 1.73. The van der Waals surface area contributed by atoms with E-state index in [1.165, 1.54) is 27.7 Å². The van der Waals surface area contributed by atoms with Gasteiger partial charge in [-0.25, -0.2) is 0 Å². The molecule has 0 aromatic heterocycles. The van der Waals surface area contributed by atoms with Crippen molar-refractivity contribution in [1.82, 2.24) is 5.06 Å². The first kappa shape index (κ1) is 15.3. The Labute approximate surface area is 95.4 Å². The van der Waals surface area contributed by atoms with Crippen LogP contribution in [0.5, 0.6) is 0 Å². The van der Waals surface area contributed by atoms with Crippen LogP contribution in [0.2, 0.25) is 0 Å². The van der Waals surface area contributed by atoms with Crippen LogP contribution >= 0.6 is 0 Å². The van der Waals surface area contributed by atoms with E-state index in [0.717, 1.165) is 5.06 Å². The van der Waals surface area contributed by atoms with Gasteiger partial charge < -0.3 is 20.2 Å². The van der Waals surface area contributed by atoms with Crippen LogP contribution in [0.1, 0.15) is 40.5 Å². The maximum absolute atomic E-state index is 11.3. The first-order valence-corrected chi connectivity index (χ1v) is 5.16. The third kappa shape index (κ3) is 5.41. The molecule has 6 nitrogen and oxygen atoms in total. The maximum Gasteiger partial charge on any atom is 0.325 e. The zero-order valence-corrected chi connectivity index (χ0v) is 10.2. The van der Waals surface area contributed by atoms with E-state index in [4.69, 9.17) is 9.94 Å². The molecule has 0 atom stereocenters. The van der Waals surface area contributed by atoms with Crippen LogP contribution in [-0.2, 0) is 9.63 Å². The molecule has 6 heteroatoms. The molecule has 0 aromatic carbocycles. The fourth-order valence-electron chi connectivity index (χ4n) is 1.26. The quantitative estimate of drug-likeness (QED) is 0.442. The fraction of sp³-hybridized carbons (Fsp3) is 0.900. The predicted molar refractivity (Wildman–Crippen MR) is 56.8 cm³/mol. The molecular weight excluding hydrogens is 214 g/mol. The summed E-state index contributed by atoms with van der Waals surface area (Å²) in [5.74, 6) is -0.613. The zero-order chi connectivity index (χ0) is 13.0. The highest BCUT2D eigenvalue weighted by atomic mass is 16.7. The molecule has 0 aliphatic carbocycles. The standard InChI is InChI=1S/C10H21NO5/c1-9(2,14)11(10(3,4)15)16-8(13)6-5-7-12/h12,14-15H,5-7H2,1-4H3. The van der Waals surface area contributed by atoms with Crippen LogP contribution in [-0.4, -0.2) is 44.4 Å². The van der Waals surface area contributed by atoms with Crippen molar-refractivity contribution in [1.29, 1.82) is 0 Å². The molecule has 0 aromatic rings. The topological polar surface area (TPSA) is 90.2 Å². The Morgan fingerprint density at radius 3 is 1.94 bits per heavy atom. The second-order valence-corrected chi connectivity index (χ2v) is 4.57. The molecule has 0 saturated heterocycles. The van der Waals surface area contributed by atoms with Crippen LogP contribution in [0.15, 0.2) is 0 Å². The molecule has 0 amide bonds.